The van der Waals surface area contributed by atoms with E-state index in [1.54, 1.807) is 18.4 Å². The number of nitrogens with zero attached hydrogens (tertiary/aromatic N) is 2. The number of rotatable bonds is 7. The number of benzene rings is 1. The Morgan fingerprint density at radius 2 is 1.92 bits per heavy atom. The fourth-order valence-electron chi connectivity index (χ4n) is 3.24. The second kappa shape index (κ2) is 9.05. The van der Waals surface area contributed by atoms with Crippen LogP contribution in [0.3, 0.4) is 0 Å². The zero-order valence-electron chi connectivity index (χ0n) is 15.5. The fourth-order valence-corrected chi connectivity index (χ4v) is 3.95. The van der Waals surface area contributed by atoms with Gasteiger partial charge in [0, 0.05) is 43.3 Å². The Hall–Kier alpha value is -2.05. The molecule has 1 N–H and O–H groups in total. The normalized spacial score (nSPS) is 16.3. The van der Waals surface area contributed by atoms with Gasteiger partial charge in [-0.2, -0.15) is 0 Å². The minimum Gasteiger partial charge on any atom is -0.497 e. The quantitative estimate of drug-likeness (QED) is 0.810. The summed E-state index contributed by atoms with van der Waals surface area (Å²) in [4.78, 5) is 18.3. The molecule has 1 aromatic heterocycles. The van der Waals surface area contributed by atoms with Crippen molar-refractivity contribution in [2.75, 3.05) is 44.7 Å². The van der Waals surface area contributed by atoms with Crippen LogP contribution >= 0.6 is 11.3 Å². The Labute approximate surface area is 159 Å². The number of methoxy groups -OCH3 is 1. The summed E-state index contributed by atoms with van der Waals surface area (Å²) in [5.41, 5.74) is 1.21. The van der Waals surface area contributed by atoms with Crippen LogP contribution in [0.4, 0.5) is 5.69 Å². The summed E-state index contributed by atoms with van der Waals surface area (Å²) in [6.45, 7) is 6.36. The van der Waals surface area contributed by atoms with Crippen LogP contribution < -0.4 is 15.0 Å². The smallest absolute Gasteiger partial charge is 0.237 e. The van der Waals surface area contributed by atoms with Crippen LogP contribution in [0, 0.1) is 0 Å². The standard InChI is InChI=1S/C20H27N3O2S/c1-16(20(24)21-10-9-19-4-3-15-26-19)22-11-13-23(14-12-22)17-5-7-18(25-2)8-6-17/h3-8,15-16H,9-14H2,1-2H3,(H,21,24)/t16-/m0/s1. The zero-order chi connectivity index (χ0) is 18.4. The SMILES string of the molecule is COc1ccc(N2CCN([C@@H](C)C(=O)NCCc3cccs3)CC2)cc1. The first kappa shape index (κ1) is 18.7. The first-order chi connectivity index (χ1) is 12.7. The van der Waals surface area contributed by atoms with Gasteiger partial charge in [-0.3, -0.25) is 9.69 Å². The maximum absolute atomic E-state index is 12.4. The number of anilines is 1. The Morgan fingerprint density at radius 1 is 1.19 bits per heavy atom. The number of nitrogens with one attached hydrogen (secondary N) is 1. The molecule has 1 aliphatic heterocycles. The van der Waals surface area contributed by atoms with E-state index in [9.17, 15) is 4.79 Å². The highest BCUT2D eigenvalue weighted by molar-refractivity contribution is 7.09. The fraction of sp³-hybridized carbons (Fsp3) is 0.450. The molecular weight excluding hydrogens is 346 g/mol. The van der Waals surface area contributed by atoms with Gasteiger partial charge in [0.15, 0.2) is 0 Å². The minimum atomic E-state index is -0.0867. The van der Waals surface area contributed by atoms with Crippen molar-refractivity contribution < 1.29 is 9.53 Å². The largest absolute Gasteiger partial charge is 0.497 e. The molecule has 1 aromatic carbocycles. The predicted molar refractivity (Wildman–Crippen MR) is 107 cm³/mol. The number of ether oxygens (including phenoxy) is 1. The van der Waals surface area contributed by atoms with Gasteiger partial charge in [0.1, 0.15) is 5.75 Å². The van der Waals surface area contributed by atoms with Crippen LogP contribution in [-0.4, -0.2) is 56.7 Å². The molecular formula is C20H27N3O2S. The molecule has 0 aliphatic carbocycles. The van der Waals surface area contributed by atoms with Gasteiger partial charge in [0.05, 0.1) is 13.2 Å². The summed E-state index contributed by atoms with van der Waals surface area (Å²) in [6, 6.07) is 12.2. The number of amides is 1. The molecule has 2 aromatic rings. The number of piperazine rings is 1. The van der Waals surface area contributed by atoms with Crippen molar-refractivity contribution in [3.05, 3.63) is 46.7 Å². The van der Waals surface area contributed by atoms with E-state index in [1.807, 2.05) is 25.1 Å². The summed E-state index contributed by atoms with van der Waals surface area (Å²) in [7, 11) is 1.68. The van der Waals surface area contributed by atoms with Crippen LogP contribution in [-0.2, 0) is 11.2 Å². The van der Waals surface area contributed by atoms with Gasteiger partial charge in [0.25, 0.3) is 0 Å². The molecule has 6 heteroatoms. The van der Waals surface area contributed by atoms with Crippen molar-refractivity contribution in [3.8, 4) is 5.75 Å². The molecule has 140 valence electrons. The van der Waals surface area contributed by atoms with Gasteiger partial charge in [-0.05, 0) is 49.1 Å². The van der Waals surface area contributed by atoms with Crippen LogP contribution in [0.1, 0.15) is 11.8 Å². The predicted octanol–water partition coefficient (Wildman–Crippen LogP) is 2.63. The Morgan fingerprint density at radius 3 is 2.54 bits per heavy atom. The molecule has 1 atom stereocenters. The van der Waals surface area contributed by atoms with Crippen LogP contribution in [0.15, 0.2) is 41.8 Å². The van der Waals surface area contributed by atoms with Crippen molar-refractivity contribution in [3.63, 3.8) is 0 Å². The highest BCUT2D eigenvalue weighted by atomic mass is 32.1. The summed E-state index contributed by atoms with van der Waals surface area (Å²) >= 11 is 1.74. The van der Waals surface area contributed by atoms with Crippen molar-refractivity contribution in [2.45, 2.75) is 19.4 Å². The van der Waals surface area contributed by atoms with Crippen LogP contribution in [0.2, 0.25) is 0 Å². The summed E-state index contributed by atoms with van der Waals surface area (Å²) in [6.07, 6.45) is 0.904. The number of hydrogen-bond acceptors (Lipinski definition) is 5. The molecule has 1 aliphatic rings. The summed E-state index contributed by atoms with van der Waals surface area (Å²) < 4.78 is 5.22. The number of thiophene rings is 1. The molecule has 0 spiro atoms. The molecule has 0 unspecified atom stereocenters. The van der Waals surface area contributed by atoms with E-state index in [-0.39, 0.29) is 11.9 Å². The first-order valence-corrected chi connectivity index (χ1v) is 9.98. The van der Waals surface area contributed by atoms with Gasteiger partial charge in [-0.15, -0.1) is 11.3 Å². The average molecular weight is 374 g/mol. The minimum absolute atomic E-state index is 0.0867. The highest BCUT2D eigenvalue weighted by Gasteiger charge is 2.25. The monoisotopic (exact) mass is 373 g/mol. The number of hydrogen-bond donors (Lipinski definition) is 1. The number of carbonyl (C=O) groups is 1. The second-order valence-corrected chi connectivity index (χ2v) is 7.55. The summed E-state index contributed by atoms with van der Waals surface area (Å²) in [5, 5.41) is 5.14. The Balaban J connectivity index is 1.43. The van der Waals surface area contributed by atoms with Crippen molar-refractivity contribution >= 4 is 22.9 Å². The maximum Gasteiger partial charge on any atom is 0.237 e. The first-order valence-electron chi connectivity index (χ1n) is 9.10. The van der Waals surface area contributed by atoms with Gasteiger partial charge < -0.3 is 15.0 Å². The van der Waals surface area contributed by atoms with Gasteiger partial charge in [-0.1, -0.05) is 6.07 Å². The van der Waals surface area contributed by atoms with Crippen molar-refractivity contribution in [1.29, 1.82) is 0 Å². The average Bonchev–Trinajstić information content (AvgIpc) is 3.21. The van der Waals surface area contributed by atoms with Crippen molar-refractivity contribution in [1.82, 2.24) is 10.2 Å². The molecule has 26 heavy (non-hydrogen) atoms. The molecule has 3 rings (SSSR count). The molecule has 1 saturated heterocycles. The topological polar surface area (TPSA) is 44.8 Å². The van der Waals surface area contributed by atoms with E-state index < -0.39 is 0 Å². The summed E-state index contributed by atoms with van der Waals surface area (Å²) in [5.74, 6) is 1.000. The molecule has 1 amide bonds. The van der Waals surface area contributed by atoms with E-state index in [0.717, 1.165) is 38.3 Å². The van der Waals surface area contributed by atoms with E-state index in [4.69, 9.17) is 4.74 Å². The lowest BCUT2D eigenvalue weighted by Gasteiger charge is -2.38. The lowest BCUT2D eigenvalue weighted by molar-refractivity contribution is -0.125. The maximum atomic E-state index is 12.4. The molecule has 1 fully saturated rings. The third-order valence-corrected chi connectivity index (χ3v) is 5.87. The van der Waals surface area contributed by atoms with Gasteiger partial charge in [0.2, 0.25) is 5.91 Å². The highest BCUT2D eigenvalue weighted by Crippen LogP contribution is 2.21. The van der Waals surface area contributed by atoms with E-state index in [1.165, 1.54) is 10.6 Å². The molecule has 0 radical (unpaired) electrons. The molecule has 2 heterocycles. The van der Waals surface area contributed by atoms with E-state index in [0.29, 0.717) is 6.54 Å². The second-order valence-electron chi connectivity index (χ2n) is 6.52. The molecule has 0 bridgehead atoms. The third kappa shape index (κ3) is 4.77. The number of carbonyl (C=O) groups excluding carboxylic acids is 1. The van der Waals surface area contributed by atoms with E-state index >= 15 is 0 Å². The molecule has 5 nitrogen and oxygen atoms in total. The van der Waals surface area contributed by atoms with Crippen LogP contribution in [0.5, 0.6) is 5.75 Å². The Kier molecular flexibility index (Phi) is 6.52. The zero-order valence-corrected chi connectivity index (χ0v) is 16.3. The third-order valence-electron chi connectivity index (χ3n) is 4.93. The van der Waals surface area contributed by atoms with E-state index in [2.05, 4.69) is 38.7 Å². The lowest BCUT2D eigenvalue weighted by Crippen LogP contribution is -2.54. The molecule has 0 saturated carbocycles. The Bertz CT molecular complexity index is 680. The van der Waals surface area contributed by atoms with Gasteiger partial charge >= 0.3 is 0 Å². The van der Waals surface area contributed by atoms with Crippen molar-refractivity contribution in [2.24, 2.45) is 0 Å². The van der Waals surface area contributed by atoms with Crippen LogP contribution in [0.25, 0.3) is 0 Å². The lowest BCUT2D eigenvalue weighted by atomic mass is 10.2. The van der Waals surface area contributed by atoms with Gasteiger partial charge in [-0.25, -0.2) is 0 Å².